The molecule has 2 aromatic heterocycles. The zero-order chi connectivity index (χ0) is 24.5. The predicted molar refractivity (Wildman–Crippen MR) is 119 cm³/mol. The van der Waals surface area contributed by atoms with Crippen LogP contribution in [0, 0.1) is 5.82 Å². The van der Waals surface area contributed by atoms with E-state index in [9.17, 15) is 22.4 Å². The second-order valence-electron chi connectivity index (χ2n) is 8.25. The van der Waals surface area contributed by atoms with Gasteiger partial charge >= 0.3 is 6.18 Å². The Labute approximate surface area is 194 Å². The fraction of sp³-hybridized carbons (Fsp3) is 0.292. The van der Waals surface area contributed by atoms with Gasteiger partial charge in [-0.15, -0.1) is 0 Å². The lowest BCUT2D eigenvalue weighted by molar-refractivity contribution is -0.137. The maximum Gasteiger partial charge on any atom is 0.416 e. The fourth-order valence-electron chi connectivity index (χ4n) is 3.87. The number of pyridine rings is 1. The van der Waals surface area contributed by atoms with E-state index in [-0.39, 0.29) is 23.7 Å². The number of halogens is 4. The number of likely N-dealkylation sites (N-methyl/N-ethyl adjacent to an activating group) is 1. The van der Waals surface area contributed by atoms with Gasteiger partial charge in [0, 0.05) is 42.7 Å². The summed E-state index contributed by atoms with van der Waals surface area (Å²) in [5, 5.41) is 4.54. The minimum Gasteiger partial charge on any atom is -0.331 e. The van der Waals surface area contributed by atoms with Crippen molar-refractivity contribution in [1.82, 2.24) is 24.6 Å². The summed E-state index contributed by atoms with van der Waals surface area (Å²) in [6.07, 6.45) is 1.79. The van der Waals surface area contributed by atoms with Crippen LogP contribution in [0.5, 0.6) is 0 Å². The fourth-order valence-corrected chi connectivity index (χ4v) is 3.87. The maximum atomic E-state index is 14.9. The second-order valence-corrected chi connectivity index (χ2v) is 8.25. The first-order valence-electron chi connectivity index (χ1n) is 10.6. The molecule has 0 N–H and O–H groups in total. The molecule has 6 nitrogen and oxygen atoms in total. The molecule has 0 radical (unpaired) electrons. The molecule has 0 bridgehead atoms. The first kappa shape index (κ1) is 23.6. The highest BCUT2D eigenvalue weighted by Gasteiger charge is 2.33. The summed E-state index contributed by atoms with van der Waals surface area (Å²) in [6.45, 7) is 1.64. The Bertz CT molecular complexity index is 1220. The summed E-state index contributed by atoms with van der Waals surface area (Å²) >= 11 is 0. The van der Waals surface area contributed by atoms with Crippen LogP contribution in [-0.2, 0) is 24.1 Å². The van der Waals surface area contributed by atoms with E-state index in [2.05, 4.69) is 10.1 Å². The lowest BCUT2D eigenvalue weighted by Crippen LogP contribution is -2.37. The summed E-state index contributed by atoms with van der Waals surface area (Å²) in [5.41, 5.74) is 1.06. The molecule has 3 heterocycles. The number of carbonyl (C=O) groups excluding carboxylic acids is 1. The van der Waals surface area contributed by atoms with Gasteiger partial charge in [-0.05, 0) is 50.0 Å². The smallest absolute Gasteiger partial charge is 0.331 e. The van der Waals surface area contributed by atoms with Crippen LogP contribution in [0.25, 0.3) is 22.4 Å². The zero-order valence-electron chi connectivity index (χ0n) is 18.7. The molecule has 1 aliphatic rings. The van der Waals surface area contributed by atoms with Gasteiger partial charge < -0.3 is 9.80 Å². The number of benzene rings is 1. The highest BCUT2D eigenvalue weighted by atomic mass is 19.4. The van der Waals surface area contributed by atoms with E-state index in [0.717, 1.165) is 12.1 Å². The average molecular weight is 473 g/mol. The summed E-state index contributed by atoms with van der Waals surface area (Å²) in [5.74, 6) is -1.17. The lowest BCUT2D eigenvalue weighted by atomic mass is 9.97. The molecule has 0 atom stereocenters. The topological polar surface area (TPSA) is 54.3 Å². The van der Waals surface area contributed by atoms with Crippen LogP contribution in [-0.4, -0.2) is 57.7 Å². The van der Waals surface area contributed by atoms with Crippen LogP contribution >= 0.6 is 0 Å². The molecule has 0 aliphatic carbocycles. The third-order valence-corrected chi connectivity index (χ3v) is 5.54. The maximum absolute atomic E-state index is 14.9. The molecular weight excluding hydrogens is 450 g/mol. The van der Waals surface area contributed by atoms with Crippen molar-refractivity contribution in [3.05, 3.63) is 72.0 Å². The van der Waals surface area contributed by atoms with Crippen molar-refractivity contribution in [2.75, 3.05) is 27.2 Å². The number of fused-ring (bicyclic) bond motifs is 1. The van der Waals surface area contributed by atoms with E-state index in [1.165, 1.54) is 6.08 Å². The lowest BCUT2D eigenvalue weighted by Gasteiger charge is -2.27. The van der Waals surface area contributed by atoms with Crippen LogP contribution in [0.3, 0.4) is 0 Å². The van der Waals surface area contributed by atoms with E-state index in [1.54, 1.807) is 40.2 Å². The van der Waals surface area contributed by atoms with E-state index in [0.29, 0.717) is 42.5 Å². The molecule has 0 fully saturated rings. The van der Waals surface area contributed by atoms with Crippen molar-refractivity contribution in [1.29, 1.82) is 0 Å². The first-order chi connectivity index (χ1) is 16.1. The largest absolute Gasteiger partial charge is 0.416 e. The number of alkyl halides is 3. The minimum absolute atomic E-state index is 0.0366. The number of hydrogen-bond donors (Lipinski definition) is 0. The van der Waals surface area contributed by atoms with Crippen LogP contribution in [0.2, 0.25) is 0 Å². The van der Waals surface area contributed by atoms with Crippen molar-refractivity contribution >= 4 is 5.91 Å². The zero-order valence-corrected chi connectivity index (χ0v) is 18.7. The Morgan fingerprint density at radius 2 is 1.88 bits per heavy atom. The van der Waals surface area contributed by atoms with Crippen LogP contribution < -0.4 is 0 Å². The monoisotopic (exact) mass is 473 g/mol. The van der Waals surface area contributed by atoms with E-state index >= 15 is 0 Å². The summed E-state index contributed by atoms with van der Waals surface area (Å²) in [4.78, 5) is 20.3. The van der Waals surface area contributed by atoms with Gasteiger partial charge in [-0.2, -0.15) is 18.3 Å². The molecule has 178 valence electrons. The van der Waals surface area contributed by atoms with Crippen molar-refractivity contribution in [2.45, 2.75) is 19.3 Å². The van der Waals surface area contributed by atoms with Gasteiger partial charge in [-0.3, -0.25) is 14.5 Å². The normalized spacial score (nSPS) is 14.1. The van der Waals surface area contributed by atoms with Crippen LogP contribution in [0.4, 0.5) is 17.6 Å². The molecule has 0 saturated heterocycles. The third-order valence-electron chi connectivity index (χ3n) is 5.54. The van der Waals surface area contributed by atoms with Crippen molar-refractivity contribution in [2.24, 2.45) is 0 Å². The van der Waals surface area contributed by atoms with Gasteiger partial charge in [0.25, 0.3) is 0 Å². The van der Waals surface area contributed by atoms with Gasteiger partial charge in [0.2, 0.25) is 5.91 Å². The SMILES string of the molecule is CN(C)C/C=C/C(=O)N1CCn2nc(-c3ccc(C(F)(F)F)cc3F)c(-c3ccncc3)c2C1. The Hall–Kier alpha value is -3.53. The molecule has 0 unspecified atom stereocenters. The van der Waals surface area contributed by atoms with Crippen molar-refractivity contribution in [3.63, 3.8) is 0 Å². The highest BCUT2D eigenvalue weighted by molar-refractivity contribution is 5.88. The van der Waals surface area contributed by atoms with E-state index in [4.69, 9.17) is 0 Å². The van der Waals surface area contributed by atoms with Gasteiger partial charge in [0.15, 0.2) is 0 Å². The highest BCUT2D eigenvalue weighted by Crippen LogP contribution is 2.39. The van der Waals surface area contributed by atoms with Gasteiger partial charge in [-0.1, -0.05) is 6.08 Å². The molecular formula is C24H23F4N5O. The molecule has 1 amide bonds. The summed E-state index contributed by atoms with van der Waals surface area (Å²) in [7, 11) is 3.80. The number of nitrogens with zero attached hydrogens (tertiary/aromatic N) is 5. The molecule has 10 heteroatoms. The number of aromatic nitrogens is 3. The van der Waals surface area contributed by atoms with Gasteiger partial charge in [0.1, 0.15) is 11.5 Å². The quantitative estimate of drug-likeness (QED) is 0.411. The van der Waals surface area contributed by atoms with Crippen LogP contribution in [0.1, 0.15) is 11.3 Å². The first-order valence-corrected chi connectivity index (χ1v) is 10.6. The van der Waals surface area contributed by atoms with Crippen molar-refractivity contribution < 1.29 is 22.4 Å². The Morgan fingerprint density at radius 3 is 2.53 bits per heavy atom. The van der Waals surface area contributed by atoms with Crippen LogP contribution in [0.15, 0.2) is 54.9 Å². The minimum atomic E-state index is -4.65. The molecule has 0 saturated carbocycles. The van der Waals surface area contributed by atoms with Gasteiger partial charge in [0.05, 0.1) is 24.3 Å². The Morgan fingerprint density at radius 1 is 1.15 bits per heavy atom. The van der Waals surface area contributed by atoms with E-state index in [1.807, 2.05) is 19.0 Å². The van der Waals surface area contributed by atoms with Gasteiger partial charge in [-0.25, -0.2) is 4.39 Å². The Balaban J connectivity index is 1.76. The average Bonchev–Trinajstić information content (AvgIpc) is 3.17. The molecule has 34 heavy (non-hydrogen) atoms. The third kappa shape index (κ3) is 4.86. The number of rotatable bonds is 5. The van der Waals surface area contributed by atoms with Crippen molar-refractivity contribution in [3.8, 4) is 22.4 Å². The molecule has 4 rings (SSSR count). The predicted octanol–water partition coefficient (Wildman–Crippen LogP) is 4.23. The summed E-state index contributed by atoms with van der Waals surface area (Å²) < 4.78 is 55.7. The number of amides is 1. The molecule has 0 spiro atoms. The Kier molecular flexibility index (Phi) is 6.52. The molecule has 1 aromatic carbocycles. The van der Waals surface area contributed by atoms with E-state index < -0.39 is 17.6 Å². The molecule has 3 aromatic rings. The molecule has 1 aliphatic heterocycles. The number of carbonyl (C=O) groups is 1. The number of hydrogen-bond acceptors (Lipinski definition) is 4. The standard InChI is InChI=1S/C24H23F4N5O/c1-31(2)11-3-4-21(34)32-12-13-33-20(15-32)22(16-7-9-29-10-8-16)23(30-33)18-6-5-17(14-19(18)25)24(26,27)28/h3-10,14H,11-13,15H2,1-2H3/b4-3+. The second kappa shape index (κ2) is 9.38. The summed E-state index contributed by atoms with van der Waals surface area (Å²) in [6, 6.07) is 5.88.